The van der Waals surface area contributed by atoms with E-state index in [1.165, 1.54) is 55.4 Å². The first-order valence-corrected chi connectivity index (χ1v) is 11.6. The van der Waals surface area contributed by atoms with Crippen molar-refractivity contribution in [3.8, 4) is 5.69 Å². The lowest BCUT2D eigenvalue weighted by atomic mass is 10.0. The minimum atomic E-state index is 1.07. The highest BCUT2D eigenvalue weighted by atomic mass is 15.0. The number of aromatic nitrogens is 2. The fraction of sp³-hybridized carbons (Fsp3) is 0.133. The lowest BCUT2D eigenvalue weighted by Crippen LogP contribution is -2.02. The Hall–Kier alpha value is -3.78. The van der Waals surface area contributed by atoms with Crippen molar-refractivity contribution in [3.05, 3.63) is 102 Å². The van der Waals surface area contributed by atoms with E-state index in [1.54, 1.807) is 0 Å². The lowest BCUT2D eigenvalue weighted by Gasteiger charge is -2.15. The minimum absolute atomic E-state index is 1.07. The Morgan fingerprint density at radius 1 is 0.656 bits per heavy atom. The van der Waals surface area contributed by atoms with Gasteiger partial charge >= 0.3 is 0 Å². The molecule has 0 fully saturated rings. The van der Waals surface area contributed by atoms with Crippen LogP contribution in [-0.2, 0) is 6.42 Å². The fourth-order valence-corrected chi connectivity index (χ4v) is 5.70. The number of nitrogens with zero attached hydrogens (tertiary/aromatic N) is 2. The predicted molar refractivity (Wildman–Crippen MR) is 136 cm³/mol. The summed E-state index contributed by atoms with van der Waals surface area (Å²) in [5.41, 5.74) is 9.40. The van der Waals surface area contributed by atoms with Gasteiger partial charge in [0.05, 0.1) is 16.6 Å². The Bertz CT molecular complexity index is 1600. The van der Waals surface area contributed by atoms with Gasteiger partial charge in [-0.3, -0.25) is 0 Å². The Morgan fingerprint density at radius 2 is 1.50 bits per heavy atom. The van der Waals surface area contributed by atoms with Crippen LogP contribution in [0.2, 0.25) is 0 Å². The van der Waals surface area contributed by atoms with Crippen molar-refractivity contribution < 1.29 is 0 Å². The van der Waals surface area contributed by atoms with Crippen LogP contribution in [0.4, 0.5) is 0 Å². The second-order valence-electron chi connectivity index (χ2n) is 8.81. The topological polar surface area (TPSA) is 9.86 Å². The zero-order valence-electron chi connectivity index (χ0n) is 18.0. The van der Waals surface area contributed by atoms with Crippen molar-refractivity contribution in [3.63, 3.8) is 0 Å². The molecule has 7 rings (SSSR count). The van der Waals surface area contributed by atoms with Crippen LogP contribution in [0.1, 0.15) is 30.5 Å². The zero-order chi connectivity index (χ0) is 21.1. The van der Waals surface area contributed by atoms with E-state index in [-0.39, 0.29) is 0 Å². The highest BCUT2D eigenvalue weighted by Gasteiger charge is 2.24. The van der Waals surface area contributed by atoms with Crippen LogP contribution in [0.5, 0.6) is 0 Å². The van der Waals surface area contributed by atoms with Crippen molar-refractivity contribution >= 4 is 44.5 Å². The van der Waals surface area contributed by atoms with Gasteiger partial charge in [0.25, 0.3) is 0 Å². The number of fused-ring (bicyclic) bond motifs is 7. The van der Waals surface area contributed by atoms with Gasteiger partial charge in [-0.05, 0) is 56.0 Å². The third-order valence-electron chi connectivity index (χ3n) is 7.03. The average Bonchev–Trinajstić information content (AvgIpc) is 3.38. The summed E-state index contributed by atoms with van der Waals surface area (Å²) in [6, 6.07) is 24.4. The van der Waals surface area contributed by atoms with E-state index in [4.69, 9.17) is 0 Å². The highest BCUT2D eigenvalue weighted by Crippen LogP contribution is 2.43. The molecule has 154 valence electrons. The average molecular weight is 413 g/mol. The maximum atomic E-state index is 2.54. The van der Waals surface area contributed by atoms with Gasteiger partial charge in [0.2, 0.25) is 0 Å². The molecule has 0 amide bonds. The van der Waals surface area contributed by atoms with Crippen LogP contribution in [0.3, 0.4) is 0 Å². The maximum Gasteiger partial charge on any atom is 0.0638 e. The monoisotopic (exact) mass is 412 g/mol. The molecular weight excluding hydrogens is 388 g/mol. The van der Waals surface area contributed by atoms with E-state index in [2.05, 4.69) is 106 Å². The Labute approximate surface area is 187 Å². The molecule has 2 aliphatic carbocycles. The Balaban J connectivity index is 1.71. The van der Waals surface area contributed by atoms with Gasteiger partial charge in [-0.25, -0.2) is 0 Å². The molecule has 0 spiro atoms. The number of rotatable bonds is 2. The Kier molecular flexibility index (Phi) is 3.83. The number of allylic oxidation sites excluding steroid dienone is 5. The zero-order valence-corrected chi connectivity index (χ0v) is 18.0. The summed E-state index contributed by atoms with van der Waals surface area (Å²) in [7, 11) is 0. The second-order valence-corrected chi connectivity index (χ2v) is 8.81. The van der Waals surface area contributed by atoms with Gasteiger partial charge in [0.15, 0.2) is 0 Å². The van der Waals surface area contributed by atoms with E-state index >= 15 is 0 Å². The number of hydrogen-bond acceptors (Lipinski definition) is 0. The SMILES string of the molecule is C1=CCCC(n2c3ccccc3c3ccc4c(c5c(n4-c4ccccc4)CCC=C5)c32)=C1. The molecule has 2 aliphatic rings. The molecule has 0 radical (unpaired) electrons. The lowest BCUT2D eigenvalue weighted by molar-refractivity contribution is 0.888. The molecule has 5 aromatic rings. The first kappa shape index (κ1) is 17.9. The van der Waals surface area contributed by atoms with Gasteiger partial charge in [0, 0.05) is 38.8 Å². The predicted octanol–water partition coefficient (Wildman–Crippen LogP) is 7.89. The molecule has 0 unspecified atom stereocenters. The summed E-state index contributed by atoms with van der Waals surface area (Å²) in [5, 5.41) is 4.06. The molecule has 2 heteroatoms. The van der Waals surface area contributed by atoms with Crippen LogP contribution in [-0.4, -0.2) is 9.13 Å². The Morgan fingerprint density at radius 3 is 2.38 bits per heavy atom. The van der Waals surface area contributed by atoms with Crippen molar-refractivity contribution in [2.45, 2.75) is 25.7 Å². The van der Waals surface area contributed by atoms with Crippen molar-refractivity contribution in [2.75, 3.05) is 0 Å². The molecule has 32 heavy (non-hydrogen) atoms. The maximum absolute atomic E-state index is 2.54. The van der Waals surface area contributed by atoms with Crippen LogP contribution < -0.4 is 0 Å². The first-order chi connectivity index (χ1) is 15.9. The third-order valence-corrected chi connectivity index (χ3v) is 7.03. The van der Waals surface area contributed by atoms with E-state index < -0.39 is 0 Å². The summed E-state index contributed by atoms with van der Waals surface area (Å²) in [5.74, 6) is 0. The number of para-hydroxylation sites is 2. The number of hydrogen-bond donors (Lipinski definition) is 0. The summed E-state index contributed by atoms with van der Waals surface area (Å²) < 4.78 is 5.03. The van der Waals surface area contributed by atoms with Gasteiger partial charge in [-0.2, -0.15) is 0 Å². The molecule has 0 saturated carbocycles. The molecule has 0 atom stereocenters. The van der Waals surface area contributed by atoms with Crippen LogP contribution in [0.25, 0.3) is 50.2 Å². The van der Waals surface area contributed by atoms with E-state index in [0.717, 1.165) is 25.7 Å². The van der Waals surface area contributed by atoms with E-state index in [0.29, 0.717) is 0 Å². The van der Waals surface area contributed by atoms with Crippen molar-refractivity contribution in [1.29, 1.82) is 0 Å². The smallest absolute Gasteiger partial charge is 0.0638 e. The summed E-state index contributed by atoms with van der Waals surface area (Å²) in [4.78, 5) is 0. The van der Waals surface area contributed by atoms with Crippen LogP contribution in [0.15, 0.2) is 91.0 Å². The summed E-state index contributed by atoms with van der Waals surface area (Å²) in [6.45, 7) is 0. The summed E-state index contributed by atoms with van der Waals surface area (Å²) in [6.07, 6.45) is 15.8. The molecule has 0 saturated heterocycles. The third kappa shape index (κ3) is 2.41. The molecule has 0 bridgehead atoms. The van der Waals surface area contributed by atoms with Gasteiger partial charge in [0.1, 0.15) is 0 Å². The van der Waals surface area contributed by atoms with Crippen molar-refractivity contribution in [2.24, 2.45) is 0 Å². The molecule has 0 aliphatic heterocycles. The molecule has 2 nitrogen and oxygen atoms in total. The largest absolute Gasteiger partial charge is 0.313 e. The molecule has 2 aromatic heterocycles. The fourth-order valence-electron chi connectivity index (χ4n) is 5.70. The van der Waals surface area contributed by atoms with Crippen LogP contribution >= 0.6 is 0 Å². The number of benzene rings is 3. The standard InChI is InChI=1S/C30H24N2/c1-3-11-21(12-4-1)31-27-18-10-8-16-25(27)29-28(31)20-19-24-23-15-7-9-17-26(23)32(30(24)29)22-13-5-2-6-14-22/h1-5,7-9,11-13,15-17,19-20H,6,10,14,18H2. The second kappa shape index (κ2) is 6.86. The van der Waals surface area contributed by atoms with Gasteiger partial charge < -0.3 is 9.13 Å². The molecule has 3 aromatic carbocycles. The van der Waals surface area contributed by atoms with Gasteiger partial charge in [-0.1, -0.05) is 66.8 Å². The first-order valence-electron chi connectivity index (χ1n) is 11.6. The van der Waals surface area contributed by atoms with E-state index in [1.807, 2.05) is 0 Å². The normalized spacial score (nSPS) is 15.6. The summed E-state index contributed by atoms with van der Waals surface area (Å²) >= 11 is 0. The highest BCUT2D eigenvalue weighted by molar-refractivity contribution is 6.21. The molecule has 2 heterocycles. The quantitative estimate of drug-likeness (QED) is 0.279. The van der Waals surface area contributed by atoms with Crippen molar-refractivity contribution in [1.82, 2.24) is 9.13 Å². The minimum Gasteiger partial charge on any atom is -0.313 e. The van der Waals surface area contributed by atoms with Gasteiger partial charge in [-0.15, -0.1) is 0 Å². The molecule has 0 N–H and O–H groups in total. The molecular formula is C30H24N2. The van der Waals surface area contributed by atoms with Crippen LogP contribution in [0, 0.1) is 0 Å². The van der Waals surface area contributed by atoms with E-state index in [9.17, 15) is 0 Å².